The van der Waals surface area contributed by atoms with E-state index in [0.29, 0.717) is 34.4 Å². The molecule has 2 aromatic heterocycles. The molecule has 174 valence electrons. The van der Waals surface area contributed by atoms with Gasteiger partial charge in [-0.2, -0.15) is 4.98 Å². The Morgan fingerprint density at radius 2 is 2.03 bits per heavy atom. The average molecular weight is 487 g/mol. The molecule has 6 rings (SSSR count). The van der Waals surface area contributed by atoms with E-state index in [9.17, 15) is 9.32 Å². The van der Waals surface area contributed by atoms with Gasteiger partial charge in [0.25, 0.3) is 0 Å². The maximum atomic E-state index is 12.9. The van der Waals surface area contributed by atoms with Crippen LogP contribution in [-0.2, 0) is 17.2 Å². The van der Waals surface area contributed by atoms with Gasteiger partial charge in [-0.3, -0.25) is 4.21 Å². The summed E-state index contributed by atoms with van der Waals surface area (Å²) < 4.78 is 12.9. The van der Waals surface area contributed by atoms with Crippen molar-refractivity contribution in [3.05, 3.63) is 35.0 Å². The number of aromatic nitrogens is 4. The van der Waals surface area contributed by atoms with Gasteiger partial charge in [0, 0.05) is 31.2 Å². The van der Waals surface area contributed by atoms with Crippen LogP contribution in [0.25, 0.3) is 5.57 Å². The number of aliphatic hydroxyl groups is 1. The molecule has 1 saturated carbocycles. The molecule has 0 radical (unpaired) electrons. The highest BCUT2D eigenvalue weighted by Crippen LogP contribution is 2.42. The molecule has 33 heavy (non-hydrogen) atoms. The molecule has 3 atom stereocenters. The number of nitrogens with zero attached hydrogens (tertiary/aromatic N) is 5. The smallest absolute Gasteiger partial charge is 0.227 e. The summed E-state index contributed by atoms with van der Waals surface area (Å²) in [7, 11) is -1.10. The summed E-state index contributed by atoms with van der Waals surface area (Å²) in [5, 5.41) is 14.0. The highest BCUT2D eigenvalue weighted by molar-refractivity contribution is 7.85. The number of hydrogen-bond acceptors (Lipinski definition) is 8. The van der Waals surface area contributed by atoms with Crippen LogP contribution in [0.1, 0.15) is 43.6 Å². The van der Waals surface area contributed by atoms with Gasteiger partial charge in [0.2, 0.25) is 5.95 Å². The Balaban J connectivity index is 1.27. The zero-order valence-corrected chi connectivity index (χ0v) is 19.9. The summed E-state index contributed by atoms with van der Waals surface area (Å²) >= 11 is 5.93. The first-order valence-electron chi connectivity index (χ1n) is 11.7. The van der Waals surface area contributed by atoms with Gasteiger partial charge in [-0.05, 0) is 55.9 Å². The Morgan fingerprint density at radius 3 is 2.73 bits per heavy atom. The van der Waals surface area contributed by atoms with Gasteiger partial charge in [-0.15, -0.1) is 0 Å². The van der Waals surface area contributed by atoms with Crippen molar-refractivity contribution < 1.29 is 9.32 Å². The highest BCUT2D eigenvalue weighted by atomic mass is 35.5. The van der Waals surface area contributed by atoms with Crippen LogP contribution in [0.2, 0.25) is 5.02 Å². The Kier molecular flexibility index (Phi) is 5.38. The third-order valence-corrected chi connectivity index (χ3v) is 9.21. The van der Waals surface area contributed by atoms with Crippen LogP contribution < -0.4 is 10.2 Å². The number of nitrogens with one attached hydrogen (secondary N) is 1. The Labute approximate surface area is 200 Å². The zero-order valence-electron chi connectivity index (χ0n) is 18.3. The number of halogens is 1. The third kappa shape index (κ3) is 3.84. The standard InChI is InChI=1S/C23H27ClN6O2S/c24-17-9-25-20(26-10-17)14-7-15-11-30(12-16(15)8-14)22-27-18-3-1-6-33(32)19(18)21(28-22)29-23(13-31)4-2-5-23/h7,9-10,15-16,31H,1-6,8,11-13H2,(H,27,28,29)/t15?,16?,33-/m0/s1. The Morgan fingerprint density at radius 1 is 1.21 bits per heavy atom. The molecule has 2 unspecified atom stereocenters. The molecule has 2 aliphatic carbocycles. The topological polar surface area (TPSA) is 104 Å². The zero-order chi connectivity index (χ0) is 22.6. The predicted molar refractivity (Wildman–Crippen MR) is 128 cm³/mol. The molecule has 2 fully saturated rings. The first kappa shape index (κ1) is 21.4. The van der Waals surface area contributed by atoms with Crippen molar-refractivity contribution in [2.45, 2.75) is 49.0 Å². The Hall–Kier alpha value is -2.10. The Bertz CT molecular complexity index is 1130. The second-order valence-corrected chi connectivity index (χ2v) is 11.6. The molecule has 0 aromatic carbocycles. The van der Waals surface area contributed by atoms with Crippen LogP contribution in [0.5, 0.6) is 0 Å². The molecule has 8 nitrogen and oxygen atoms in total. The second-order valence-electron chi connectivity index (χ2n) is 9.67. The second kappa shape index (κ2) is 8.29. The SMILES string of the molecule is O=[S@]1CCCc2nc(N3CC4C=C(c5ncc(Cl)cn5)CC4C3)nc(NC3(CO)CCC3)c21. The number of rotatable bonds is 5. The molecule has 2 aromatic rings. The summed E-state index contributed by atoms with van der Waals surface area (Å²) in [6, 6.07) is 0. The summed E-state index contributed by atoms with van der Waals surface area (Å²) in [5.41, 5.74) is 1.72. The van der Waals surface area contributed by atoms with Crippen molar-refractivity contribution >= 4 is 39.7 Å². The van der Waals surface area contributed by atoms with Crippen molar-refractivity contribution in [1.29, 1.82) is 0 Å². The molecule has 1 saturated heterocycles. The average Bonchev–Trinajstić information content (AvgIpc) is 3.36. The lowest BCUT2D eigenvalue weighted by molar-refractivity contribution is 0.143. The molecular weight excluding hydrogens is 460 g/mol. The van der Waals surface area contributed by atoms with Gasteiger partial charge in [-0.1, -0.05) is 17.7 Å². The summed E-state index contributed by atoms with van der Waals surface area (Å²) in [5.74, 6) is 3.64. The summed E-state index contributed by atoms with van der Waals surface area (Å²) in [6.07, 6.45) is 11.1. The first-order chi connectivity index (χ1) is 16.0. The van der Waals surface area contributed by atoms with Crippen LogP contribution in [-0.4, -0.2) is 60.2 Å². The highest BCUT2D eigenvalue weighted by Gasteiger charge is 2.41. The fourth-order valence-corrected chi connectivity index (χ4v) is 6.92. The lowest BCUT2D eigenvalue weighted by Crippen LogP contribution is -2.49. The maximum Gasteiger partial charge on any atom is 0.227 e. The van der Waals surface area contributed by atoms with E-state index in [0.717, 1.165) is 68.0 Å². The number of aliphatic hydroxyl groups excluding tert-OH is 1. The molecular formula is C23H27ClN6O2S. The first-order valence-corrected chi connectivity index (χ1v) is 13.4. The summed E-state index contributed by atoms with van der Waals surface area (Å²) in [6.45, 7) is 1.76. The van der Waals surface area contributed by atoms with Gasteiger partial charge in [0.15, 0.2) is 5.82 Å². The van der Waals surface area contributed by atoms with Crippen LogP contribution in [0.15, 0.2) is 23.4 Å². The molecule has 4 aliphatic rings. The minimum Gasteiger partial charge on any atom is -0.394 e. The van der Waals surface area contributed by atoms with Gasteiger partial charge in [0.1, 0.15) is 10.7 Å². The van der Waals surface area contributed by atoms with E-state index in [-0.39, 0.29) is 12.1 Å². The molecule has 2 N–H and O–H groups in total. The maximum absolute atomic E-state index is 12.9. The van der Waals surface area contributed by atoms with E-state index in [1.807, 2.05) is 0 Å². The predicted octanol–water partition coefficient (Wildman–Crippen LogP) is 2.84. The van der Waals surface area contributed by atoms with E-state index in [1.165, 1.54) is 5.57 Å². The van der Waals surface area contributed by atoms with Crippen molar-refractivity contribution in [2.75, 3.05) is 35.7 Å². The monoisotopic (exact) mass is 486 g/mol. The number of allylic oxidation sites excluding steroid dienone is 1. The minimum atomic E-state index is -1.10. The minimum absolute atomic E-state index is 0.0575. The van der Waals surface area contributed by atoms with Gasteiger partial charge >= 0.3 is 0 Å². The van der Waals surface area contributed by atoms with Crippen LogP contribution >= 0.6 is 11.6 Å². The van der Waals surface area contributed by atoms with Crippen LogP contribution in [0.4, 0.5) is 11.8 Å². The fourth-order valence-electron chi connectivity index (χ4n) is 5.49. The lowest BCUT2D eigenvalue weighted by atomic mass is 9.77. The van der Waals surface area contributed by atoms with Crippen molar-refractivity contribution in [3.63, 3.8) is 0 Å². The van der Waals surface area contributed by atoms with Gasteiger partial charge < -0.3 is 15.3 Å². The normalized spacial score (nSPS) is 27.5. The van der Waals surface area contributed by atoms with E-state index in [2.05, 4.69) is 26.3 Å². The van der Waals surface area contributed by atoms with Crippen molar-refractivity contribution in [3.8, 4) is 0 Å². The molecule has 0 bridgehead atoms. The summed E-state index contributed by atoms with van der Waals surface area (Å²) in [4.78, 5) is 21.5. The van der Waals surface area contributed by atoms with Gasteiger partial charge in [-0.25, -0.2) is 15.0 Å². The fraction of sp³-hybridized carbons (Fsp3) is 0.565. The quantitative estimate of drug-likeness (QED) is 0.664. The van der Waals surface area contributed by atoms with Gasteiger partial charge in [0.05, 0.1) is 33.7 Å². The number of fused-ring (bicyclic) bond motifs is 2. The van der Waals surface area contributed by atoms with Crippen LogP contribution in [0, 0.1) is 11.8 Å². The van der Waals surface area contributed by atoms with Crippen molar-refractivity contribution in [1.82, 2.24) is 19.9 Å². The lowest BCUT2D eigenvalue weighted by Gasteiger charge is -2.42. The molecule has 4 heterocycles. The number of aryl methyl sites for hydroxylation is 1. The van der Waals surface area contributed by atoms with Crippen LogP contribution in [0.3, 0.4) is 0 Å². The molecule has 0 spiro atoms. The number of hydrogen-bond donors (Lipinski definition) is 2. The third-order valence-electron chi connectivity index (χ3n) is 7.47. The van der Waals surface area contributed by atoms with E-state index in [4.69, 9.17) is 21.6 Å². The van der Waals surface area contributed by atoms with Crippen molar-refractivity contribution in [2.24, 2.45) is 11.8 Å². The molecule has 10 heteroatoms. The van der Waals surface area contributed by atoms with E-state index >= 15 is 0 Å². The molecule has 0 amide bonds. The molecule has 2 aliphatic heterocycles. The number of anilines is 2. The largest absolute Gasteiger partial charge is 0.394 e. The van der Waals surface area contributed by atoms with E-state index in [1.54, 1.807) is 12.4 Å². The van der Waals surface area contributed by atoms with E-state index < -0.39 is 10.8 Å².